The summed E-state index contributed by atoms with van der Waals surface area (Å²) in [4.78, 5) is 17.3. The van der Waals surface area contributed by atoms with Crippen molar-refractivity contribution in [2.45, 2.75) is 25.8 Å². The van der Waals surface area contributed by atoms with E-state index < -0.39 is 0 Å². The Morgan fingerprint density at radius 2 is 1.96 bits per heavy atom. The fourth-order valence-electron chi connectivity index (χ4n) is 3.35. The standard InChI is InChI=1S/C21H22N4O2/c1-14-7-9-16(10-8-14)25-20(23-19(24-25)11-12-27-2)18-13-15-5-3-4-6-17(15)21(26)22-18/h3-10,18H,11-13H2,1-2H3,(H,22,26). The lowest BCUT2D eigenvalue weighted by atomic mass is 9.95. The largest absolute Gasteiger partial charge is 0.384 e. The van der Waals surface area contributed by atoms with Crippen LogP contribution in [0.15, 0.2) is 48.5 Å². The number of nitrogens with one attached hydrogen (secondary N) is 1. The van der Waals surface area contributed by atoms with Crippen LogP contribution >= 0.6 is 0 Å². The predicted octanol–water partition coefficient (Wildman–Crippen LogP) is 2.79. The summed E-state index contributed by atoms with van der Waals surface area (Å²) in [6, 6.07) is 15.6. The molecule has 1 amide bonds. The van der Waals surface area contributed by atoms with Crippen molar-refractivity contribution in [2.75, 3.05) is 13.7 Å². The van der Waals surface area contributed by atoms with Gasteiger partial charge in [0.15, 0.2) is 11.6 Å². The molecular formula is C21H22N4O2. The van der Waals surface area contributed by atoms with Crippen molar-refractivity contribution in [3.8, 4) is 5.69 Å². The molecule has 0 saturated carbocycles. The van der Waals surface area contributed by atoms with E-state index in [0.29, 0.717) is 25.3 Å². The van der Waals surface area contributed by atoms with Crippen LogP contribution in [0.25, 0.3) is 5.69 Å². The highest BCUT2D eigenvalue weighted by atomic mass is 16.5. The van der Waals surface area contributed by atoms with Gasteiger partial charge >= 0.3 is 0 Å². The minimum Gasteiger partial charge on any atom is -0.384 e. The van der Waals surface area contributed by atoms with Crippen LogP contribution in [0.3, 0.4) is 0 Å². The minimum absolute atomic E-state index is 0.0706. The number of aromatic nitrogens is 3. The summed E-state index contributed by atoms with van der Waals surface area (Å²) in [5, 5.41) is 7.76. The van der Waals surface area contributed by atoms with Gasteiger partial charge in [-0.15, -0.1) is 0 Å². The molecule has 2 heterocycles. The number of amides is 1. The number of hydrogen-bond donors (Lipinski definition) is 1. The Morgan fingerprint density at radius 1 is 1.19 bits per heavy atom. The zero-order valence-electron chi connectivity index (χ0n) is 15.5. The van der Waals surface area contributed by atoms with Gasteiger partial charge in [-0.3, -0.25) is 4.79 Å². The van der Waals surface area contributed by atoms with Gasteiger partial charge in [-0.2, -0.15) is 5.10 Å². The van der Waals surface area contributed by atoms with Crippen molar-refractivity contribution in [1.29, 1.82) is 0 Å². The monoisotopic (exact) mass is 362 g/mol. The van der Waals surface area contributed by atoms with E-state index in [1.807, 2.05) is 60.1 Å². The molecular weight excluding hydrogens is 340 g/mol. The average Bonchev–Trinajstić information content (AvgIpc) is 3.11. The summed E-state index contributed by atoms with van der Waals surface area (Å²) < 4.78 is 7.00. The Kier molecular flexibility index (Phi) is 4.73. The third-order valence-electron chi connectivity index (χ3n) is 4.79. The first kappa shape index (κ1) is 17.4. The molecule has 2 aromatic carbocycles. The first-order chi connectivity index (χ1) is 13.2. The number of rotatable bonds is 5. The molecule has 0 aliphatic carbocycles. The molecule has 4 rings (SSSR count). The van der Waals surface area contributed by atoms with Crippen LogP contribution in [-0.2, 0) is 17.6 Å². The Bertz CT molecular complexity index is 963. The number of aryl methyl sites for hydroxylation is 1. The zero-order valence-corrected chi connectivity index (χ0v) is 15.5. The third kappa shape index (κ3) is 3.48. The van der Waals surface area contributed by atoms with E-state index in [0.717, 1.165) is 22.6 Å². The van der Waals surface area contributed by atoms with Crippen LogP contribution < -0.4 is 5.32 Å². The van der Waals surface area contributed by atoms with Crippen molar-refractivity contribution in [3.63, 3.8) is 0 Å². The van der Waals surface area contributed by atoms with Gasteiger partial charge in [-0.25, -0.2) is 9.67 Å². The SMILES string of the molecule is COCCc1nc(C2Cc3ccccc3C(=O)N2)n(-c2ccc(C)cc2)n1. The molecule has 6 nitrogen and oxygen atoms in total. The first-order valence-corrected chi connectivity index (χ1v) is 9.06. The van der Waals surface area contributed by atoms with E-state index in [2.05, 4.69) is 10.4 Å². The summed E-state index contributed by atoms with van der Waals surface area (Å²) in [7, 11) is 1.66. The van der Waals surface area contributed by atoms with E-state index in [-0.39, 0.29) is 11.9 Å². The van der Waals surface area contributed by atoms with E-state index in [1.54, 1.807) is 7.11 Å². The van der Waals surface area contributed by atoms with E-state index >= 15 is 0 Å². The highest BCUT2D eigenvalue weighted by Gasteiger charge is 2.29. The molecule has 0 bridgehead atoms. The van der Waals surface area contributed by atoms with E-state index in [9.17, 15) is 4.79 Å². The summed E-state index contributed by atoms with van der Waals surface area (Å²) in [6.07, 6.45) is 1.32. The van der Waals surface area contributed by atoms with Gasteiger partial charge in [0.2, 0.25) is 0 Å². The molecule has 0 saturated heterocycles. The number of nitrogens with zero attached hydrogens (tertiary/aromatic N) is 3. The lowest BCUT2D eigenvalue weighted by molar-refractivity contribution is 0.0922. The summed E-state index contributed by atoms with van der Waals surface area (Å²) in [5.41, 5.74) is 3.87. The second kappa shape index (κ2) is 7.32. The van der Waals surface area contributed by atoms with Gasteiger partial charge in [0, 0.05) is 25.5 Å². The third-order valence-corrected chi connectivity index (χ3v) is 4.79. The number of hydrogen-bond acceptors (Lipinski definition) is 4. The Morgan fingerprint density at radius 3 is 2.74 bits per heavy atom. The van der Waals surface area contributed by atoms with Crippen molar-refractivity contribution >= 4 is 5.91 Å². The summed E-state index contributed by atoms with van der Waals surface area (Å²) >= 11 is 0. The molecule has 3 aromatic rings. The van der Waals surface area contributed by atoms with E-state index in [1.165, 1.54) is 5.56 Å². The van der Waals surface area contributed by atoms with E-state index in [4.69, 9.17) is 9.72 Å². The number of carbonyl (C=O) groups is 1. The number of carbonyl (C=O) groups excluding carboxylic acids is 1. The minimum atomic E-state index is -0.225. The topological polar surface area (TPSA) is 69.0 Å². The van der Waals surface area contributed by atoms with Crippen LogP contribution in [0.2, 0.25) is 0 Å². The van der Waals surface area contributed by atoms with Gasteiger partial charge < -0.3 is 10.1 Å². The molecule has 1 atom stereocenters. The maximum absolute atomic E-state index is 12.6. The average molecular weight is 362 g/mol. The quantitative estimate of drug-likeness (QED) is 0.758. The molecule has 1 aromatic heterocycles. The smallest absolute Gasteiger partial charge is 0.252 e. The Balaban J connectivity index is 1.74. The number of benzene rings is 2. The van der Waals surface area contributed by atoms with Crippen LogP contribution in [0, 0.1) is 6.92 Å². The van der Waals surface area contributed by atoms with Crippen molar-refractivity contribution < 1.29 is 9.53 Å². The normalized spacial score (nSPS) is 16.1. The molecule has 0 spiro atoms. The number of fused-ring (bicyclic) bond motifs is 1. The first-order valence-electron chi connectivity index (χ1n) is 9.06. The predicted molar refractivity (Wildman–Crippen MR) is 102 cm³/mol. The summed E-state index contributed by atoms with van der Waals surface area (Å²) in [5.74, 6) is 1.38. The zero-order chi connectivity index (χ0) is 18.8. The van der Waals surface area contributed by atoms with Crippen molar-refractivity contribution in [3.05, 3.63) is 76.9 Å². The highest BCUT2D eigenvalue weighted by molar-refractivity contribution is 5.97. The molecule has 138 valence electrons. The molecule has 6 heteroatoms. The number of methoxy groups -OCH3 is 1. The van der Waals surface area contributed by atoms with Gasteiger partial charge in [0.05, 0.1) is 18.3 Å². The van der Waals surface area contributed by atoms with Crippen LogP contribution in [-0.4, -0.2) is 34.4 Å². The van der Waals surface area contributed by atoms with Crippen LogP contribution in [0.5, 0.6) is 0 Å². The molecule has 0 radical (unpaired) electrons. The van der Waals surface area contributed by atoms with Crippen LogP contribution in [0.1, 0.15) is 39.2 Å². The highest BCUT2D eigenvalue weighted by Crippen LogP contribution is 2.26. The Hall–Kier alpha value is -2.99. The van der Waals surface area contributed by atoms with Gasteiger partial charge in [0.1, 0.15) is 0 Å². The van der Waals surface area contributed by atoms with Gasteiger partial charge in [0.25, 0.3) is 5.91 Å². The lowest BCUT2D eigenvalue weighted by Gasteiger charge is -2.25. The maximum Gasteiger partial charge on any atom is 0.252 e. The molecule has 27 heavy (non-hydrogen) atoms. The lowest BCUT2D eigenvalue weighted by Crippen LogP contribution is -2.36. The number of ether oxygens (including phenoxy) is 1. The molecule has 1 N–H and O–H groups in total. The van der Waals surface area contributed by atoms with Gasteiger partial charge in [-0.05, 0) is 30.7 Å². The van der Waals surface area contributed by atoms with Crippen molar-refractivity contribution in [2.24, 2.45) is 0 Å². The Labute approximate surface area is 158 Å². The molecule has 1 aliphatic heterocycles. The molecule has 0 fully saturated rings. The van der Waals surface area contributed by atoms with Crippen molar-refractivity contribution in [1.82, 2.24) is 20.1 Å². The summed E-state index contributed by atoms with van der Waals surface area (Å²) in [6.45, 7) is 2.60. The second-order valence-electron chi connectivity index (χ2n) is 6.76. The second-order valence-corrected chi connectivity index (χ2v) is 6.76. The van der Waals surface area contributed by atoms with Crippen LogP contribution in [0.4, 0.5) is 0 Å². The molecule has 1 aliphatic rings. The molecule has 1 unspecified atom stereocenters. The maximum atomic E-state index is 12.6. The fraction of sp³-hybridized carbons (Fsp3) is 0.286. The fourth-order valence-corrected chi connectivity index (χ4v) is 3.35. The van der Waals surface area contributed by atoms with Gasteiger partial charge in [-0.1, -0.05) is 35.9 Å².